The Morgan fingerprint density at radius 3 is 2.75 bits per heavy atom. The van der Waals surface area contributed by atoms with E-state index in [1.54, 1.807) is 6.92 Å². The number of anilines is 2. The molecule has 0 saturated heterocycles. The largest absolute Gasteiger partial charge is 0.462 e. The van der Waals surface area contributed by atoms with Crippen LogP contribution in [0.4, 0.5) is 10.7 Å². The zero-order valence-electron chi connectivity index (χ0n) is 12.0. The summed E-state index contributed by atoms with van der Waals surface area (Å²) in [7, 11) is 0. The van der Waals surface area contributed by atoms with Gasteiger partial charge in [0.15, 0.2) is 0 Å². The van der Waals surface area contributed by atoms with E-state index in [2.05, 4.69) is 5.32 Å². The Morgan fingerprint density at radius 2 is 2.15 bits per heavy atom. The first kappa shape index (κ1) is 15.1. The molecule has 0 bridgehead atoms. The number of hydrogen-bond acceptors (Lipinski definition) is 6. The summed E-state index contributed by atoms with van der Waals surface area (Å²) in [6.07, 6.45) is 2.28. The number of nitrogens with one attached hydrogen (secondary N) is 1. The van der Waals surface area contributed by atoms with Crippen molar-refractivity contribution in [2.24, 2.45) is 0 Å². The number of esters is 1. The van der Waals surface area contributed by atoms with Gasteiger partial charge in [0, 0.05) is 18.7 Å². The summed E-state index contributed by atoms with van der Waals surface area (Å²) < 4.78 is 10.4. The number of hydrogen-bond donors (Lipinski definition) is 2. The Kier molecular flexibility index (Phi) is 5.25. The van der Waals surface area contributed by atoms with Gasteiger partial charge in [0.05, 0.1) is 23.9 Å². The van der Waals surface area contributed by atoms with E-state index in [4.69, 9.17) is 15.2 Å². The summed E-state index contributed by atoms with van der Waals surface area (Å²) in [4.78, 5) is 12.4. The number of thiophene rings is 1. The molecule has 112 valence electrons. The van der Waals surface area contributed by atoms with Crippen molar-refractivity contribution in [2.45, 2.75) is 32.6 Å². The maximum atomic E-state index is 11.9. The first-order valence-electron chi connectivity index (χ1n) is 7.09. The molecule has 1 aliphatic carbocycles. The van der Waals surface area contributed by atoms with Gasteiger partial charge in [0.1, 0.15) is 4.88 Å². The fourth-order valence-corrected chi connectivity index (χ4v) is 3.22. The predicted molar refractivity (Wildman–Crippen MR) is 81.6 cm³/mol. The molecule has 2 rings (SSSR count). The van der Waals surface area contributed by atoms with Crippen molar-refractivity contribution in [3.8, 4) is 0 Å². The van der Waals surface area contributed by atoms with Crippen molar-refractivity contribution in [1.82, 2.24) is 0 Å². The highest BCUT2D eigenvalue weighted by Crippen LogP contribution is 2.50. The lowest BCUT2D eigenvalue weighted by Gasteiger charge is -2.07. The average Bonchev–Trinajstić information content (AvgIpc) is 3.20. The summed E-state index contributed by atoms with van der Waals surface area (Å²) in [5, 5.41) is 4.33. The van der Waals surface area contributed by atoms with Gasteiger partial charge in [-0.1, -0.05) is 0 Å². The van der Waals surface area contributed by atoms with Gasteiger partial charge in [-0.25, -0.2) is 4.79 Å². The second-order valence-corrected chi connectivity index (χ2v) is 5.73. The molecule has 1 aliphatic rings. The van der Waals surface area contributed by atoms with Gasteiger partial charge < -0.3 is 20.5 Å². The number of carbonyl (C=O) groups excluding carboxylic acids is 1. The summed E-state index contributed by atoms with van der Waals surface area (Å²) in [6.45, 7) is 6.20. The smallest absolute Gasteiger partial charge is 0.350 e. The Labute approximate surface area is 123 Å². The van der Waals surface area contributed by atoms with Gasteiger partial charge in [-0.3, -0.25) is 0 Å². The molecule has 0 spiro atoms. The minimum absolute atomic E-state index is 0.324. The minimum atomic E-state index is -0.324. The van der Waals surface area contributed by atoms with Crippen molar-refractivity contribution in [3.63, 3.8) is 0 Å². The second kappa shape index (κ2) is 6.95. The van der Waals surface area contributed by atoms with E-state index in [0.717, 1.165) is 30.0 Å². The number of carbonyl (C=O) groups is 1. The molecule has 0 amide bonds. The van der Waals surface area contributed by atoms with E-state index in [1.165, 1.54) is 11.3 Å². The third-order valence-corrected chi connectivity index (χ3v) is 4.33. The zero-order valence-corrected chi connectivity index (χ0v) is 12.8. The quantitative estimate of drug-likeness (QED) is 0.570. The fourth-order valence-electron chi connectivity index (χ4n) is 2.09. The van der Waals surface area contributed by atoms with Gasteiger partial charge in [-0.2, -0.15) is 0 Å². The molecule has 1 aromatic heterocycles. The normalized spacial score (nSPS) is 14.3. The van der Waals surface area contributed by atoms with Crippen LogP contribution in [0, 0.1) is 0 Å². The molecule has 0 aromatic carbocycles. The Hall–Kier alpha value is -1.27. The molecule has 1 fully saturated rings. The van der Waals surface area contributed by atoms with Crippen LogP contribution in [0.2, 0.25) is 0 Å². The highest BCUT2D eigenvalue weighted by Gasteiger charge is 2.33. The number of nitrogens with two attached hydrogens (primary N) is 1. The van der Waals surface area contributed by atoms with E-state index in [1.807, 2.05) is 6.92 Å². The Morgan fingerprint density at radius 1 is 1.40 bits per heavy atom. The SMILES string of the molecule is CCOCCNc1sc(C(=O)OCC)c(N)c1C1CC1. The second-order valence-electron chi connectivity index (χ2n) is 4.71. The summed E-state index contributed by atoms with van der Waals surface area (Å²) in [6, 6.07) is 0. The van der Waals surface area contributed by atoms with Gasteiger partial charge in [-0.15, -0.1) is 11.3 Å². The van der Waals surface area contributed by atoms with Crippen molar-refractivity contribution >= 4 is 28.0 Å². The molecule has 0 radical (unpaired) electrons. The molecule has 3 N–H and O–H groups in total. The molecular formula is C14H22N2O3S. The molecular weight excluding hydrogens is 276 g/mol. The van der Waals surface area contributed by atoms with Crippen LogP contribution in [-0.2, 0) is 9.47 Å². The maximum absolute atomic E-state index is 11.9. The standard InChI is InChI=1S/C14H22N2O3S/c1-3-18-8-7-16-13-10(9-5-6-9)11(15)12(20-13)14(17)19-4-2/h9,16H,3-8,15H2,1-2H3. The van der Waals surface area contributed by atoms with E-state index in [0.29, 0.717) is 36.3 Å². The van der Waals surface area contributed by atoms with E-state index >= 15 is 0 Å². The van der Waals surface area contributed by atoms with Crippen LogP contribution in [0.15, 0.2) is 0 Å². The van der Waals surface area contributed by atoms with Crippen LogP contribution < -0.4 is 11.1 Å². The van der Waals surface area contributed by atoms with Crippen LogP contribution in [0.5, 0.6) is 0 Å². The topological polar surface area (TPSA) is 73.6 Å². The van der Waals surface area contributed by atoms with Crippen LogP contribution in [-0.4, -0.2) is 32.3 Å². The molecule has 5 nitrogen and oxygen atoms in total. The van der Waals surface area contributed by atoms with Crippen molar-refractivity contribution < 1.29 is 14.3 Å². The van der Waals surface area contributed by atoms with Crippen LogP contribution in [0.3, 0.4) is 0 Å². The highest BCUT2D eigenvalue weighted by molar-refractivity contribution is 7.18. The summed E-state index contributed by atoms with van der Waals surface area (Å²) in [5.74, 6) is 0.166. The maximum Gasteiger partial charge on any atom is 0.350 e. The molecule has 0 atom stereocenters. The first-order chi connectivity index (χ1) is 9.69. The number of ether oxygens (including phenoxy) is 2. The van der Waals surface area contributed by atoms with Crippen molar-refractivity contribution in [2.75, 3.05) is 37.4 Å². The molecule has 1 aromatic rings. The predicted octanol–water partition coefficient (Wildman–Crippen LogP) is 2.83. The first-order valence-corrected chi connectivity index (χ1v) is 7.91. The molecule has 0 unspecified atom stereocenters. The lowest BCUT2D eigenvalue weighted by molar-refractivity contribution is 0.0533. The van der Waals surface area contributed by atoms with Crippen molar-refractivity contribution in [1.29, 1.82) is 0 Å². The van der Waals surface area contributed by atoms with E-state index in [9.17, 15) is 4.79 Å². The minimum Gasteiger partial charge on any atom is -0.462 e. The summed E-state index contributed by atoms with van der Waals surface area (Å²) >= 11 is 1.39. The van der Waals surface area contributed by atoms with Gasteiger partial charge >= 0.3 is 5.97 Å². The fraction of sp³-hybridized carbons (Fsp3) is 0.643. The lowest BCUT2D eigenvalue weighted by Crippen LogP contribution is -2.09. The summed E-state index contributed by atoms with van der Waals surface area (Å²) in [5.41, 5.74) is 7.83. The third-order valence-electron chi connectivity index (χ3n) is 3.17. The van der Waals surface area contributed by atoms with Crippen molar-refractivity contribution in [3.05, 3.63) is 10.4 Å². The van der Waals surface area contributed by atoms with Crippen LogP contribution in [0.1, 0.15) is 47.8 Å². The molecule has 20 heavy (non-hydrogen) atoms. The molecule has 0 aliphatic heterocycles. The lowest BCUT2D eigenvalue weighted by atomic mass is 10.1. The zero-order chi connectivity index (χ0) is 14.5. The third kappa shape index (κ3) is 3.43. The average molecular weight is 298 g/mol. The van der Waals surface area contributed by atoms with Crippen LogP contribution >= 0.6 is 11.3 Å². The highest BCUT2D eigenvalue weighted by atomic mass is 32.1. The van der Waals surface area contributed by atoms with E-state index in [-0.39, 0.29) is 5.97 Å². The van der Waals surface area contributed by atoms with Crippen LogP contribution in [0.25, 0.3) is 0 Å². The number of rotatable bonds is 8. The van der Waals surface area contributed by atoms with Gasteiger partial charge in [0.2, 0.25) is 0 Å². The molecule has 1 saturated carbocycles. The molecule has 6 heteroatoms. The Balaban J connectivity index is 2.12. The monoisotopic (exact) mass is 298 g/mol. The van der Waals surface area contributed by atoms with Gasteiger partial charge in [-0.05, 0) is 32.6 Å². The Bertz CT molecular complexity index is 469. The molecule has 1 heterocycles. The van der Waals surface area contributed by atoms with E-state index < -0.39 is 0 Å². The van der Waals surface area contributed by atoms with Gasteiger partial charge in [0.25, 0.3) is 0 Å². The number of nitrogen functional groups attached to an aromatic ring is 1.